The molecule has 3 N–H and O–H groups in total. The highest BCUT2D eigenvalue weighted by Crippen LogP contribution is 2.07. The number of urea groups is 1. The number of likely N-dealkylation sites (tertiary alicyclic amines) is 1. The highest BCUT2D eigenvalue weighted by Gasteiger charge is 2.17. The molecule has 0 aromatic heterocycles. The van der Waals surface area contributed by atoms with Crippen LogP contribution in [0.2, 0.25) is 0 Å². The van der Waals surface area contributed by atoms with Crippen LogP contribution in [-0.4, -0.2) is 54.2 Å². The Balaban J connectivity index is 2.14. The van der Waals surface area contributed by atoms with Crippen LogP contribution in [0.15, 0.2) is 0 Å². The average Bonchev–Trinajstić information content (AvgIpc) is 2.37. The van der Waals surface area contributed by atoms with E-state index in [9.17, 15) is 9.59 Å². The van der Waals surface area contributed by atoms with E-state index in [1.54, 1.807) is 6.92 Å². The zero-order valence-electron chi connectivity index (χ0n) is 10.9. The van der Waals surface area contributed by atoms with Gasteiger partial charge in [0.15, 0.2) is 0 Å². The van der Waals surface area contributed by atoms with Gasteiger partial charge in [0.05, 0.1) is 0 Å². The molecule has 6 heteroatoms. The first-order valence-electron chi connectivity index (χ1n) is 6.63. The zero-order valence-corrected chi connectivity index (χ0v) is 10.9. The number of carbonyl (C=O) groups excluding carboxylic acids is 1. The molecule has 6 nitrogen and oxygen atoms in total. The molecule has 1 rings (SSSR count). The predicted octanol–water partition coefficient (Wildman–Crippen LogP) is 0.635. The Morgan fingerprint density at radius 3 is 2.50 bits per heavy atom. The molecule has 0 radical (unpaired) electrons. The van der Waals surface area contributed by atoms with Crippen LogP contribution in [0.25, 0.3) is 0 Å². The van der Waals surface area contributed by atoms with Crippen molar-refractivity contribution in [3.8, 4) is 0 Å². The molecule has 1 aliphatic heterocycles. The van der Waals surface area contributed by atoms with Crippen molar-refractivity contribution < 1.29 is 14.7 Å². The van der Waals surface area contributed by atoms with E-state index in [-0.39, 0.29) is 0 Å². The van der Waals surface area contributed by atoms with Gasteiger partial charge >= 0.3 is 12.0 Å². The number of carboxylic acid groups (broad SMARTS) is 1. The van der Waals surface area contributed by atoms with Crippen LogP contribution >= 0.6 is 0 Å². The Bertz CT molecular complexity index is 278. The Labute approximate surface area is 108 Å². The van der Waals surface area contributed by atoms with Crippen LogP contribution in [-0.2, 0) is 4.79 Å². The monoisotopic (exact) mass is 257 g/mol. The number of piperidine rings is 1. The van der Waals surface area contributed by atoms with Crippen molar-refractivity contribution in [2.24, 2.45) is 0 Å². The fourth-order valence-electron chi connectivity index (χ4n) is 2.06. The van der Waals surface area contributed by atoms with Crippen molar-refractivity contribution in [3.63, 3.8) is 0 Å². The van der Waals surface area contributed by atoms with E-state index < -0.39 is 18.0 Å². The van der Waals surface area contributed by atoms with Gasteiger partial charge in [-0.25, -0.2) is 9.59 Å². The Hall–Kier alpha value is -1.30. The SMILES string of the molecule is CCC(NC(=O)NCCN1CCCCC1)C(=O)O. The molecular weight excluding hydrogens is 234 g/mol. The van der Waals surface area contributed by atoms with Gasteiger partial charge in [0.25, 0.3) is 0 Å². The quantitative estimate of drug-likeness (QED) is 0.652. The van der Waals surface area contributed by atoms with Gasteiger partial charge in [0, 0.05) is 13.1 Å². The molecule has 1 atom stereocenters. The van der Waals surface area contributed by atoms with Crippen LogP contribution in [0, 0.1) is 0 Å². The molecule has 1 saturated heterocycles. The summed E-state index contributed by atoms with van der Waals surface area (Å²) in [5, 5.41) is 13.9. The third-order valence-corrected chi connectivity index (χ3v) is 3.17. The maximum Gasteiger partial charge on any atom is 0.326 e. The number of carboxylic acids is 1. The number of carbonyl (C=O) groups is 2. The highest BCUT2D eigenvalue weighted by atomic mass is 16.4. The van der Waals surface area contributed by atoms with Gasteiger partial charge in [-0.15, -0.1) is 0 Å². The number of hydrogen-bond donors (Lipinski definition) is 3. The van der Waals surface area contributed by atoms with E-state index in [0.29, 0.717) is 13.0 Å². The fraction of sp³-hybridized carbons (Fsp3) is 0.833. The van der Waals surface area contributed by atoms with Crippen molar-refractivity contribution in [3.05, 3.63) is 0 Å². The lowest BCUT2D eigenvalue weighted by Gasteiger charge is -2.26. The van der Waals surface area contributed by atoms with E-state index in [2.05, 4.69) is 15.5 Å². The summed E-state index contributed by atoms with van der Waals surface area (Å²) in [7, 11) is 0. The summed E-state index contributed by atoms with van der Waals surface area (Å²) in [5.41, 5.74) is 0. The predicted molar refractivity (Wildman–Crippen MR) is 68.5 cm³/mol. The third kappa shape index (κ3) is 5.35. The smallest absolute Gasteiger partial charge is 0.326 e. The molecule has 0 aliphatic carbocycles. The van der Waals surface area contributed by atoms with Gasteiger partial charge in [0.2, 0.25) is 0 Å². The first-order valence-corrected chi connectivity index (χ1v) is 6.63. The molecule has 1 unspecified atom stereocenters. The van der Waals surface area contributed by atoms with E-state index >= 15 is 0 Å². The second-order valence-electron chi connectivity index (χ2n) is 4.60. The van der Waals surface area contributed by atoms with Crippen molar-refractivity contribution in [2.75, 3.05) is 26.2 Å². The highest BCUT2D eigenvalue weighted by molar-refractivity contribution is 5.82. The first kappa shape index (κ1) is 14.8. The summed E-state index contributed by atoms with van der Waals surface area (Å²) < 4.78 is 0. The molecule has 2 amide bonds. The molecule has 18 heavy (non-hydrogen) atoms. The van der Waals surface area contributed by atoms with E-state index in [0.717, 1.165) is 19.6 Å². The Morgan fingerprint density at radius 2 is 1.94 bits per heavy atom. The molecule has 0 aromatic rings. The molecule has 0 saturated carbocycles. The summed E-state index contributed by atoms with van der Waals surface area (Å²) >= 11 is 0. The van der Waals surface area contributed by atoms with Gasteiger partial charge in [-0.3, -0.25) is 0 Å². The number of nitrogens with zero attached hydrogens (tertiary/aromatic N) is 1. The molecule has 1 aliphatic rings. The molecule has 1 fully saturated rings. The van der Waals surface area contributed by atoms with Crippen LogP contribution in [0.3, 0.4) is 0 Å². The summed E-state index contributed by atoms with van der Waals surface area (Å²) in [6.07, 6.45) is 4.13. The van der Waals surface area contributed by atoms with Gasteiger partial charge in [0.1, 0.15) is 6.04 Å². The Morgan fingerprint density at radius 1 is 1.28 bits per heavy atom. The third-order valence-electron chi connectivity index (χ3n) is 3.17. The second-order valence-corrected chi connectivity index (χ2v) is 4.60. The molecule has 104 valence electrons. The van der Waals surface area contributed by atoms with Crippen LogP contribution in [0.1, 0.15) is 32.6 Å². The summed E-state index contributed by atoms with van der Waals surface area (Å²) in [6.45, 7) is 5.30. The van der Waals surface area contributed by atoms with Crippen molar-refractivity contribution in [2.45, 2.75) is 38.6 Å². The molecular formula is C12H23N3O3. The second kappa shape index (κ2) is 7.92. The molecule has 0 spiro atoms. The van der Waals surface area contributed by atoms with Gasteiger partial charge in [-0.1, -0.05) is 13.3 Å². The lowest BCUT2D eigenvalue weighted by Crippen LogP contribution is -2.47. The van der Waals surface area contributed by atoms with Gasteiger partial charge in [-0.2, -0.15) is 0 Å². The number of aliphatic carboxylic acids is 1. The lowest BCUT2D eigenvalue weighted by atomic mass is 10.1. The average molecular weight is 257 g/mol. The van der Waals surface area contributed by atoms with Gasteiger partial charge < -0.3 is 20.6 Å². The Kier molecular flexibility index (Phi) is 6.49. The summed E-state index contributed by atoms with van der Waals surface area (Å²) in [5.74, 6) is -0.997. The van der Waals surface area contributed by atoms with Gasteiger partial charge in [-0.05, 0) is 32.4 Å². The minimum Gasteiger partial charge on any atom is -0.480 e. The fourth-order valence-corrected chi connectivity index (χ4v) is 2.06. The number of hydrogen-bond acceptors (Lipinski definition) is 3. The lowest BCUT2D eigenvalue weighted by molar-refractivity contribution is -0.139. The zero-order chi connectivity index (χ0) is 13.4. The van der Waals surface area contributed by atoms with Crippen molar-refractivity contribution >= 4 is 12.0 Å². The molecule has 0 aromatic carbocycles. The number of rotatable bonds is 6. The maximum absolute atomic E-state index is 11.5. The maximum atomic E-state index is 11.5. The standard InChI is InChI=1S/C12H23N3O3/c1-2-10(11(16)17)14-12(18)13-6-9-15-7-4-3-5-8-15/h10H,2-9H2,1H3,(H,16,17)(H2,13,14,18). The minimum absolute atomic E-state index is 0.384. The minimum atomic E-state index is -0.997. The van der Waals surface area contributed by atoms with E-state index in [4.69, 9.17) is 5.11 Å². The topological polar surface area (TPSA) is 81.7 Å². The summed E-state index contributed by atoms with van der Waals surface area (Å²) in [6, 6.07) is -1.21. The van der Waals surface area contributed by atoms with Crippen molar-refractivity contribution in [1.29, 1.82) is 0 Å². The van der Waals surface area contributed by atoms with Crippen LogP contribution in [0.4, 0.5) is 4.79 Å². The summed E-state index contributed by atoms with van der Waals surface area (Å²) in [4.78, 5) is 24.5. The first-order chi connectivity index (χ1) is 8.63. The number of amides is 2. The molecule has 1 heterocycles. The van der Waals surface area contributed by atoms with Crippen LogP contribution < -0.4 is 10.6 Å². The van der Waals surface area contributed by atoms with Crippen LogP contribution in [0.5, 0.6) is 0 Å². The normalized spacial score (nSPS) is 18.1. The van der Waals surface area contributed by atoms with E-state index in [1.165, 1.54) is 19.3 Å². The number of nitrogens with one attached hydrogen (secondary N) is 2. The van der Waals surface area contributed by atoms with E-state index in [1.807, 2.05) is 0 Å². The largest absolute Gasteiger partial charge is 0.480 e. The van der Waals surface area contributed by atoms with Crippen molar-refractivity contribution in [1.82, 2.24) is 15.5 Å². The molecule has 0 bridgehead atoms.